The Morgan fingerprint density at radius 1 is 1.26 bits per heavy atom. The van der Waals surface area contributed by atoms with Gasteiger partial charge in [-0.3, -0.25) is 0 Å². The molecule has 0 radical (unpaired) electrons. The first kappa shape index (κ1) is 14.1. The summed E-state index contributed by atoms with van der Waals surface area (Å²) in [6.07, 6.45) is 4.98. The normalized spacial score (nSPS) is 17.0. The molecule has 0 saturated carbocycles. The highest BCUT2D eigenvalue weighted by Gasteiger charge is 2.21. The number of fused-ring (bicyclic) bond motifs is 2. The van der Waals surface area contributed by atoms with Crippen molar-refractivity contribution in [1.82, 2.24) is 15.0 Å². The highest BCUT2D eigenvalue weighted by molar-refractivity contribution is 5.87. The summed E-state index contributed by atoms with van der Waals surface area (Å²) in [5.41, 5.74) is 4.68. The summed E-state index contributed by atoms with van der Waals surface area (Å²) in [6, 6.07) is 8.73. The van der Waals surface area contributed by atoms with Gasteiger partial charge in [-0.15, -0.1) is 0 Å². The molecule has 0 aliphatic heterocycles. The van der Waals surface area contributed by atoms with Gasteiger partial charge >= 0.3 is 0 Å². The molecule has 0 spiro atoms. The summed E-state index contributed by atoms with van der Waals surface area (Å²) in [6.45, 7) is 2.04. The van der Waals surface area contributed by atoms with E-state index in [9.17, 15) is 0 Å². The van der Waals surface area contributed by atoms with Crippen molar-refractivity contribution in [3.05, 3.63) is 47.4 Å². The molecule has 0 saturated heterocycles. The van der Waals surface area contributed by atoms with Crippen LogP contribution in [0.2, 0.25) is 0 Å². The van der Waals surface area contributed by atoms with Crippen LogP contribution < -0.4 is 10.1 Å². The zero-order chi connectivity index (χ0) is 15.8. The molecule has 1 aliphatic rings. The first-order chi connectivity index (χ1) is 11.2. The van der Waals surface area contributed by atoms with Crippen LogP contribution in [0.5, 0.6) is 5.75 Å². The molecule has 1 aliphatic carbocycles. The standard InChI is InChI=1S/C18H20N4O/c1-11-8-15-17(21-11)19-10-20-18(15)22-16-5-3-4-12-9-13(23-2)6-7-14(12)16/h6-10,16H,3-5H2,1-2H3,(H2,19,20,21,22). The van der Waals surface area contributed by atoms with E-state index in [-0.39, 0.29) is 6.04 Å². The number of hydrogen-bond acceptors (Lipinski definition) is 4. The third-order valence-electron chi connectivity index (χ3n) is 4.54. The van der Waals surface area contributed by atoms with Gasteiger partial charge in [0.05, 0.1) is 18.5 Å². The molecule has 5 heteroatoms. The van der Waals surface area contributed by atoms with Gasteiger partial charge in [0, 0.05) is 5.69 Å². The lowest BCUT2D eigenvalue weighted by Crippen LogP contribution is -2.18. The average Bonchev–Trinajstić information content (AvgIpc) is 2.96. The Morgan fingerprint density at radius 2 is 2.17 bits per heavy atom. The maximum atomic E-state index is 5.35. The van der Waals surface area contributed by atoms with Crippen LogP contribution in [0.1, 0.15) is 35.7 Å². The van der Waals surface area contributed by atoms with E-state index in [4.69, 9.17) is 4.74 Å². The fraction of sp³-hybridized carbons (Fsp3) is 0.333. The molecule has 5 nitrogen and oxygen atoms in total. The van der Waals surface area contributed by atoms with Crippen LogP contribution in [-0.2, 0) is 6.42 Å². The van der Waals surface area contributed by atoms with Crippen LogP contribution in [0.3, 0.4) is 0 Å². The summed E-state index contributed by atoms with van der Waals surface area (Å²) < 4.78 is 5.35. The lowest BCUT2D eigenvalue weighted by molar-refractivity contribution is 0.413. The van der Waals surface area contributed by atoms with Crippen molar-refractivity contribution in [2.75, 3.05) is 12.4 Å². The number of anilines is 1. The van der Waals surface area contributed by atoms with Crippen LogP contribution in [0, 0.1) is 6.92 Å². The summed E-state index contributed by atoms with van der Waals surface area (Å²) in [5.74, 6) is 1.82. The number of aromatic amines is 1. The van der Waals surface area contributed by atoms with E-state index >= 15 is 0 Å². The van der Waals surface area contributed by atoms with E-state index < -0.39 is 0 Å². The molecule has 2 heterocycles. The number of aryl methyl sites for hydroxylation is 2. The van der Waals surface area contributed by atoms with Crippen molar-refractivity contribution >= 4 is 16.9 Å². The molecule has 1 aromatic carbocycles. The number of ether oxygens (including phenoxy) is 1. The van der Waals surface area contributed by atoms with E-state index in [2.05, 4.69) is 38.5 Å². The second kappa shape index (κ2) is 5.57. The summed E-state index contributed by atoms with van der Waals surface area (Å²) >= 11 is 0. The zero-order valence-corrected chi connectivity index (χ0v) is 13.4. The van der Waals surface area contributed by atoms with Gasteiger partial charge in [-0.25, -0.2) is 9.97 Å². The number of methoxy groups -OCH3 is 1. The Kier molecular flexibility index (Phi) is 3.41. The van der Waals surface area contributed by atoms with Gasteiger partial charge in [0.25, 0.3) is 0 Å². The van der Waals surface area contributed by atoms with Gasteiger partial charge in [0.1, 0.15) is 23.5 Å². The number of aromatic nitrogens is 3. The number of nitrogens with zero attached hydrogens (tertiary/aromatic N) is 2. The van der Waals surface area contributed by atoms with E-state index in [1.165, 1.54) is 11.1 Å². The molecule has 0 amide bonds. The Labute approximate surface area is 135 Å². The van der Waals surface area contributed by atoms with Gasteiger partial charge < -0.3 is 15.0 Å². The zero-order valence-electron chi connectivity index (χ0n) is 13.4. The lowest BCUT2D eigenvalue weighted by atomic mass is 9.87. The molecule has 1 atom stereocenters. The van der Waals surface area contributed by atoms with Gasteiger partial charge in [-0.05, 0) is 55.5 Å². The number of rotatable bonds is 3. The minimum absolute atomic E-state index is 0.276. The smallest absolute Gasteiger partial charge is 0.143 e. The maximum absolute atomic E-state index is 5.35. The molecule has 0 bridgehead atoms. The molecule has 0 fully saturated rings. The average molecular weight is 308 g/mol. The first-order valence-electron chi connectivity index (χ1n) is 7.98. The molecule has 2 N–H and O–H groups in total. The van der Waals surface area contributed by atoms with Gasteiger partial charge in [-0.2, -0.15) is 0 Å². The van der Waals surface area contributed by atoms with Crippen LogP contribution >= 0.6 is 0 Å². The Morgan fingerprint density at radius 3 is 3.04 bits per heavy atom. The monoisotopic (exact) mass is 308 g/mol. The van der Waals surface area contributed by atoms with Crippen molar-refractivity contribution < 1.29 is 4.74 Å². The Hall–Kier alpha value is -2.56. The van der Waals surface area contributed by atoms with Crippen molar-refractivity contribution in [1.29, 1.82) is 0 Å². The minimum atomic E-state index is 0.276. The van der Waals surface area contributed by atoms with Gasteiger partial charge in [-0.1, -0.05) is 6.07 Å². The number of H-pyrrole nitrogens is 1. The van der Waals surface area contributed by atoms with E-state index in [0.29, 0.717) is 0 Å². The van der Waals surface area contributed by atoms with Crippen molar-refractivity contribution in [2.24, 2.45) is 0 Å². The minimum Gasteiger partial charge on any atom is -0.497 e. The molecular formula is C18H20N4O. The van der Waals surface area contributed by atoms with Crippen LogP contribution in [0.25, 0.3) is 11.0 Å². The maximum Gasteiger partial charge on any atom is 0.143 e. The fourth-order valence-corrected chi connectivity index (χ4v) is 3.42. The van der Waals surface area contributed by atoms with Crippen molar-refractivity contribution in [2.45, 2.75) is 32.2 Å². The Bertz CT molecular complexity index is 855. The van der Waals surface area contributed by atoms with Crippen LogP contribution in [0.15, 0.2) is 30.6 Å². The van der Waals surface area contributed by atoms with Gasteiger partial charge in [0.2, 0.25) is 0 Å². The molecule has 1 unspecified atom stereocenters. The summed E-state index contributed by atoms with van der Waals surface area (Å²) in [5, 5.41) is 4.67. The highest BCUT2D eigenvalue weighted by atomic mass is 16.5. The summed E-state index contributed by atoms with van der Waals surface area (Å²) in [4.78, 5) is 12.0. The number of nitrogens with one attached hydrogen (secondary N) is 2. The van der Waals surface area contributed by atoms with E-state index in [1.54, 1.807) is 13.4 Å². The third-order valence-corrected chi connectivity index (χ3v) is 4.54. The predicted molar refractivity (Wildman–Crippen MR) is 90.9 cm³/mol. The third kappa shape index (κ3) is 2.52. The van der Waals surface area contributed by atoms with Crippen LogP contribution in [0.4, 0.5) is 5.82 Å². The molecular weight excluding hydrogens is 288 g/mol. The van der Waals surface area contributed by atoms with Crippen molar-refractivity contribution in [3.63, 3.8) is 0 Å². The van der Waals surface area contributed by atoms with Crippen LogP contribution in [-0.4, -0.2) is 22.1 Å². The molecule has 118 valence electrons. The highest BCUT2D eigenvalue weighted by Crippen LogP contribution is 2.35. The SMILES string of the molecule is COc1ccc2c(c1)CCCC2Nc1ncnc2[nH]c(C)cc12. The molecule has 23 heavy (non-hydrogen) atoms. The fourth-order valence-electron chi connectivity index (χ4n) is 3.42. The lowest BCUT2D eigenvalue weighted by Gasteiger charge is -2.27. The second-order valence-corrected chi connectivity index (χ2v) is 6.09. The summed E-state index contributed by atoms with van der Waals surface area (Å²) in [7, 11) is 1.71. The number of benzene rings is 1. The Balaban J connectivity index is 1.70. The van der Waals surface area contributed by atoms with Gasteiger partial charge in [0.15, 0.2) is 0 Å². The predicted octanol–water partition coefficient (Wildman–Crippen LogP) is 3.76. The largest absolute Gasteiger partial charge is 0.497 e. The first-order valence-corrected chi connectivity index (χ1v) is 7.98. The molecule has 4 rings (SSSR count). The molecule has 2 aromatic heterocycles. The second-order valence-electron chi connectivity index (χ2n) is 6.09. The quantitative estimate of drug-likeness (QED) is 0.773. The van der Waals surface area contributed by atoms with E-state index in [0.717, 1.165) is 47.6 Å². The van der Waals surface area contributed by atoms with E-state index in [1.807, 2.05) is 13.0 Å². The van der Waals surface area contributed by atoms with Crippen molar-refractivity contribution in [3.8, 4) is 5.75 Å². The molecule has 3 aromatic rings. The topological polar surface area (TPSA) is 62.8 Å². The number of hydrogen-bond donors (Lipinski definition) is 2.